The molecule has 2 aliphatic rings. The third-order valence-corrected chi connectivity index (χ3v) is 7.84. The number of nitrogens with zero attached hydrogens (tertiary/aromatic N) is 3. The highest BCUT2D eigenvalue weighted by molar-refractivity contribution is 7.91. The maximum atomic E-state index is 13.4. The van der Waals surface area contributed by atoms with Gasteiger partial charge in [-0.2, -0.15) is 5.10 Å². The third-order valence-electron chi connectivity index (χ3n) is 6.09. The number of ether oxygens (including phenoxy) is 1. The first kappa shape index (κ1) is 20.9. The Morgan fingerprint density at radius 2 is 2.03 bits per heavy atom. The number of carbonyl (C=O) groups excluding carboxylic acids is 1. The molecule has 1 unspecified atom stereocenters. The zero-order valence-corrected chi connectivity index (χ0v) is 19.0. The monoisotopic (exact) mass is 454 g/mol. The van der Waals surface area contributed by atoms with Gasteiger partial charge in [-0.1, -0.05) is 12.1 Å². The van der Waals surface area contributed by atoms with E-state index in [9.17, 15) is 13.2 Å². The van der Waals surface area contributed by atoms with Crippen LogP contribution >= 0.6 is 0 Å². The second-order valence-electron chi connectivity index (χ2n) is 8.54. The zero-order valence-electron chi connectivity index (χ0n) is 18.2. The molecule has 1 saturated carbocycles. The minimum absolute atomic E-state index is 0.0574. The Hall–Kier alpha value is -2.94. The van der Waals surface area contributed by atoms with Gasteiger partial charge in [-0.15, -0.1) is 0 Å². The molecular weight excluding hydrogens is 428 g/mol. The standard InChI is InChI=1S/C23H26N4O4S/c1-3-31-20-7-5-4-6-18(20)25-23(28)17-12-19(15-8-9-15)24-22-21(17)14(2)26-27(22)16-10-11-32(29,30)13-16/h4-7,12,15-16H,3,8-11,13H2,1-2H3,(H,25,28). The summed E-state index contributed by atoms with van der Waals surface area (Å²) in [6, 6.07) is 8.94. The van der Waals surface area contributed by atoms with E-state index >= 15 is 0 Å². The van der Waals surface area contributed by atoms with E-state index in [1.807, 2.05) is 44.2 Å². The summed E-state index contributed by atoms with van der Waals surface area (Å²) in [5.74, 6) is 0.898. The van der Waals surface area contributed by atoms with Crippen LogP contribution in [0.15, 0.2) is 30.3 Å². The molecule has 0 spiro atoms. The molecule has 5 rings (SSSR count). The van der Waals surface area contributed by atoms with Crippen molar-refractivity contribution in [3.05, 3.63) is 47.3 Å². The lowest BCUT2D eigenvalue weighted by Gasteiger charge is -2.13. The normalized spacial score (nSPS) is 19.9. The molecule has 1 aliphatic heterocycles. The molecule has 32 heavy (non-hydrogen) atoms. The van der Waals surface area contributed by atoms with Crippen molar-refractivity contribution in [3.63, 3.8) is 0 Å². The molecule has 0 bridgehead atoms. The van der Waals surface area contributed by atoms with Crippen LogP contribution in [0.2, 0.25) is 0 Å². The summed E-state index contributed by atoms with van der Waals surface area (Å²) in [7, 11) is -3.08. The SMILES string of the molecule is CCOc1ccccc1NC(=O)c1cc(C2CC2)nc2c1c(C)nn2C1CCS(=O)(=O)C1. The number of fused-ring (bicyclic) bond motifs is 1. The third kappa shape index (κ3) is 3.85. The van der Waals surface area contributed by atoms with Gasteiger partial charge in [0.2, 0.25) is 0 Å². The van der Waals surface area contributed by atoms with E-state index in [2.05, 4.69) is 10.4 Å². The van der Waals surface area contributed by atoms with Gasteiger partial charge < -0.3 is 10.1 Å². The average molecular weight is 455 g/mol. The van der Waals surface area contributed by atoms with E-state index in [4.69, 9.17) is 9.72 Å². The topological polar surface area (TPSA) is 103 Å². The second-order valence-corrected chi connectivity index (χ2v) is 10.8. The summed E-state index contributed by atoms with van der Waals surface area (Å²) in [6.45, 7) is 4.23. The highest BCUT2D eigenvalue weighted by Crippen LogP contribution is 2.41. The van der Waals surface area contributed by atoms with Gasteiger partial charge in [-0.05, 0) is 51.3 Å². The molecule has 3 aromatic rings. The molecule has 168 valence electrons. The molecule has 1 aliphatic carbocycles. The van der Waals surface area contributed by atoms with Gasteiger partial charge >= 0.3 is 0 Å². The molecule has 1 amide bonds. The fourth-order valence-electron chi connectivity index (χ4n) is 4.36. The number of benzene rings is 1. The Morgan fingerprint density at radius 1 is 1.25 bits per heavy atom. The number of hydrogen-bond donors (Lipinski definition) is 1. The van der Waals surface area contributed by atoms with Crippen LogP contribution in [0.25, 0.3) is 11.0 Å². The average Bonchev–Trinajstić information content (AvgIpc) is 3.48. The number of carbonyl (C=O) groups is 1. The van der Waals surface area contributed by atoms with Crippen molar-refractivity contribution in [3.8, 4) is 5.75 Å². The van der Waals surface area contributed by atoms with E-state index < -0.39 is 9.84 Å². The minimum atomic E-state index is -3.08. The largest absolute Gasteiger partial charge is 0.492 e. The highest BCUT2D eigenvalue weighted by atomic mass is 32.2. The summed E-state index contributed by atoms with van der Waals surface area (Å²) >= 11 is 0. The van der Waals surface area contributed by atoms with Crippen LogP contribution in [-0.4, -0.2) is 47.2 Å². The van der Waals surface area contributed by atoms with Crippen LogP contribution in [0, 0.1) is 6.92 Å². The molecule has 2 fully saturated rings. The molecule has 1 aromatic carbocycles. The Bertz CT molecular complexity index is 1310. The lowest BCUT2D eigenvalue weighted by Crippen LogP contribution is -2.16. The van der Waals surface area contributed by atoms with Gasteiger partial charge in [0.05, 0.1) is 46.5 Å². The van der Waals surface area contributed by atoms with Gasteiger partial charge in [0.1, 0.15) is 5.75 Å². The van der Waals surface area contributed by atoms with Crippen molar-refractivity contribution >= 4 is 32.5 Å². The fraction of sp³-hybridized carbons (Fsp3) is 0.435. The summed E-state index contributed by atoms with van der Waals surface area (Å²) < 4.78 is 31.5. The molecule has 3 heterocycles. The number of amides is 1. The summed E-state index contributed by atoms with van der Waals surface area (Å²) in [5, 5.41) is 8.30. The first-order chi connectivity index (χ1) is 15.4. The van der Waals surface area contributed by atoms with Crippen LogP contribution < -0.4 is 10.1 Å². The Kier molecular flexibility index (Phi) is 5.16. The molecule has 9 heteroatoms. The number of hydrogen-bond acceptors (Lipinski definition) is 6. The van der Waals surface area contributed by atoms with E-state index in [0.717, 1.165) is 18.5 Å². The first-order valence-electron chi connectivity index (χ1n) is 11.0. The number of para-hydroxylation sites is 2. The maximum Gasteiger partial charge on any atom is 0.256 e. The van der Waals surface area contributed by atoms with Crippen LogP contribution in [0.3, 0.4) is 0 Å². The smallest absolute Gasteiger partial charge is 0.256 e. The molecule has 1 atom stereocenters. The van der Waals surface area contributed by atoms with Gasteiger partial charge in [-0.3, -0.25) is 4.79 Å². The van der Waals surface area contributed by atoms with Crippen LogP contribution in [-0.2, 0) is 9.84 Å². The number of rotatable bonds is 6. The second kappa shape index (κ2) is 7.88. The van der Waals surface area contributed by atoms with Crippen molar-refractivity contribution in [1.82, 2.24) is 14.8 Å². The summed E-state index contributed by atoms with van der Waals surface area (Å²) in [4.78, 5) is 18.3. The maximum absolute atomic E-state index is 13.4. The molecular formula is C23H26N4O4S. The lowest BCUT2D eigenvalue weighted by atomic mass is 10.1. The van der Waals surface area contributed by atoms with E-state index in [1.54, 1.807) is 4.68 Å². The van der Waals surface area contributed by atoms with E-state index in [-0.39, 0.29) is 23.5 Å². The predicted molar refractivity (Wildman–Crippen MR) is 122 cm³/mol. The summed E-state index contributed by atoms with van der Waals surface area (Å²) in [6.07, 6.45) is 2.59. The van der Waals surface area contributed by atoms with Gasteiger partial charge in [0, 0.05) is 11.6 Å². The predicted octanol–water partition coefficient (Wildman–Crippen LogP) is 3.63. The van der Waals surface area contributed by atoms with Gasteiger partial charge in [0.25, 0.3) is 5.91 Å². The minimum Gasteiger partial charge on any atom is -0.492 e. The van der Waals surface area contributed by atoms with Gasteiger partial charge in [-0.25, -0.2) is 18.1 Å². The molecule has 8 nitrogen and oxygen atoms in total. The fourth-order valence-corrected chi connectivity index (χ4v) is 6.06. The van der Waals surface area contributed by atoms with Crippen LogP contribution in [0.4, 0.5) is 5.69 Å². The Labute approximate surface area is 186 Å². The number of aryl methyl sites for hydroxylation is 1. The molecule has 1 N–H and O–H groups in total. The lowest BCUT2D eigenvalue weighted by molar-refractivity contribution is 0.102. The summed E-state index contributed by atoms with van der Waals surface area (Å²) in [5.41, 5.74) is 3.24. The molecule has 2 aromatic heterocycles. The van der Waals surface area contributed by atoms with Crippen LogP contribution in [0.1, 0.15) is 59.9 Å². The van der Waals surface area contributed by atoms with Crippen molar-refractivity contribution in [2.45, 2.75) is 45.1 Å². The zero-order chi connectivity index (χ0) is 22.5. The van der Waals surface area contributed by atoms with Crippen molar-refractivity contribution < 1.29 is 17.9 Å². The Morgan fingerprint density at radius 3 is 2.72 bits per heavy atom. The van der Waals surface area contributed by atoms with Crippen molar-refractivity contribution in [2.75, 3.05) is 23.4 Å². The van der Waals surface area contributed by atoms with Crippen molar-refractivity contribution in [1.29, 1.82) is 0 Å². The molecule has 1 saturated heterocycles. The number of anilines is 1. The Balaban J connectivity index is 1.59. The number of sulfone groups is 1. The number of nitrogens with one attached hydrogen (secondary N) is 1. The quantitative estimate of drug-likeness (QED) is 0.610. The highest BCUT2D eigenvalue weighted by Gasteiger charge is 2.34. The number of pyridine rings is 1. The van der Waals surface area contributed by atoms with Crippen molar-refractivity contribution in [2.24, 2.45) is 0 Å². The van der Waals surface area contributed by atoms with Crippen LogP contribution in [0.5, 0.6) is 5.75 Å². The molecule has 0 radical (unpaired) electrons. The first-order valence-corrected chi connectivity index (χ1v) is 12.8. The van der Waals surface area contributed by atoms with E-state index in [0.29, 0.717) is 52.7 Å². The van der Waals surface area contributed by atoms with E-state index in [1.165, 1.54) is 0 Å². The number of aromatic nitrogens is 3. The van der Waals surface area contributed by atoms with Gasteiger partial charge in [0.15, 0.2) is 15.5 Å².